The van der Waals surface area contributed by atoms with Gasteiger partial charge in [-0.1, -0.05) is 25.7 Å². The predicted molar refractivity (Wildman–Crippen MR) is 74.4 cm³/mol. The van der Waals surface area contributed by atoms with Gasteiger partial charge in [-0.25, -0.2) is 0 Å². The Kier molecular flexibility index (Phi) is 7.14. The summed E-state index contributed by atoms with van der Waals surface area (Å²) in [7, 11) is 0. The lowest BCUT2D eigenvalue weighted by Crippen LogP contribution is -2.36. The SMILES string of the molecule is CC(C)(C)NCCCCCCOCCC1CC1. The Morgan fingerprint density at radius 3 is 2.35 bits per heavy atom. The summed E-state index contributed by atoms with van der Waals surface area (Å²) in [6, 6.07) is 0. The maximum absolute atomic E-state index is 5.63. The second kappa shape index (κ2) is 8.10. The number of unbranched alkanes of at least 4 members (excludes halogenated alkanes) is 3. The first-order valence-corrected chi connectivity index (χ1v) is 7.41. The molecule has 0 amide bonds. The maximum atomic E-state index is 5.63. The van der Waals surface area contributed by atoms with Crippen LogP contribution in [0.15, 0.2) is 0 Å². The minimum absolute atomic E-state index is 0.270. The van der Waals surface area contributed by atoms with Gasteiger partial charge in [0.05, 0.1) is 0 Å². The van der Waals surface area contributed by atoms with Crippen molar-refractivity contribution in [2.75, 3.05) is 19.8 Å². The third-order valence-electron chi connectivity index (χ3n) is 3.24. The molecular formula is C15H31NO. The van der Waals surface area contributed by atoms with E-state index in [1.54, 1.807) is 0 Å². The van der Waals surface area contributed by atoms with Crippen molar-refractivity contribution in [3.63, 3.8) is 0 Å². The molecule has 0 aliphatic heterocycles. The second-order valence-electron chi connectivity index (χ2n) is 6.44. The summed E-state index contributed by atoms with van der Waals surface area (Å²) in [5.74, 6) is 1.01. The topological polar surface area (TPSA) is 21.3 Å². The smallest absolute Gasteiger partial charge is 0.0468 e. The highest BCUT2D eigenvalue weighted by Crippen LogP contribution is 2.32. The van der Waals surface area contributed by atoms with Gasteiger partial charge < -0.3 is 10.1 Å². The average Bonchev–Trinajstić information content (AvgIpc) is 3.03. The molecule has 0 aromatic carbocycles. The number of ether oxygens (including phenoxy) is 1. The van der Waals surface area contributed by atoms with Crippen LogP contribution in [-0.4, -0.2) is 25.3 Å². The molecule has 0 heterocycles. The van der Waals surface area contributed by atoms with E-state index in [9.17, 15) is 0 Å². The van der Waals surface area contributed by atoms with E-state index < -0.39 is 0 Å². The van der Waals surface area contributed by atoms with Crippen LogP contribution in [0.1, 0.15) is 65.7 Å². The largest absolute Gasteiger partial charge is 0.381 e. The fraction of sp³-hybridized carbons (Fsp3) is 1.00. The summed E-state index contributed by atoms with van der Waals surface area (Å²) < 4.78 is 5.63. The van der Waals surface area contributed by atoms with Crippen LogP contribution in [0.25, 0.3) is 0 Å². The second-order valence-corrected chi connectivity index (χ2v) is 6.44. The zero-order valence-electron chi connectivity index (χ0n) is 12.1. The molecule has 0 radical (unpaired) electrons. The molecule has 1 aliphatic carbocycles. The Morgan fingerprint density at radius 2 is 1.71 bits per heavy atom. The molecule has 0 atom stereocenters. The van der Waals surface area contributed by atoms with Crippen LogP contribution in [0.5, 0.6) is 0 Å². The quantitative estimate of drug-likeness (QED) is 0.588. The summed E-state index contributed by atoms with van der Waals surface area (Å²) in [6.07, 6.45) is 9.37. The van der Waals surface area contributed by atoms with Gasteiger partial charge in [0, 0.05) is 18.8 Å². The van der Waals surface area contributed by atoms with Gasteiger partial charge in [-0.3, -0.25) is 0 Å². The molecule has 0 spiro atoms. The highest BCUT2D eigenvalue weighted by Gasteiger charge is 2.20. The van der Waals surface area contributed by atoms with Crippen molar-refractivity contribution in [1.82, 2.24) is 5.32 Å². The number of hydrogen-bond donors (Lipinski definition) is 1. The monoisotopic (exact) mass is 241 g/mol. The van der Waals surface area contributed by atoms with E-state index in [2.05, 4.69) is 26.1 Å². The summed E-state index contributed by atoms with van der Waals surface area (Å²) in [6.45, 7) is 9.78. The fourth-order valence-corrected chi connectivity index (χ4v) is 1.90. The third kappa shape index (κ3) is 10.8. The van der Waals surface area contributed by atoms with Crippen LogP contribution < -0.4 is 5.32 Å². The van der Waals surface area contributed by atoms with Crippen molar-refractivity contribution in [2.24, 2.45) is 5.92 Å². The third-order valence-corrected chi connectivity index (χ3v) is 3.24. The van der Waals surface area contributed by atoms with Crippen molar-refractivity contribution in [3.8, 4) is 0 Å². The molecule has 17 heavy (non-hydrogen) atoms. The minimum atomic E-state index is 0.270. The Balaban J connectivity index is 1.69. The number of nitrogens with one attached hydrogen (secondary N) is 1. The highest BCUT2D eigenvalue weighted by molar-refractivity contribution is 4.72. The number of hydrogen-bond acceptors (Lipinski definition) is 2. The minimum Gasteiger partial charge on any atom is -0.381 e. The van der Waals surface area contributed by atoms with Crippen LogP contribution in [0, 0.1) is 5.92 Å². The van der Waals surface area contributed by atoms with Gasteiger partial charge >= 0.3 is 0 Å². The molecule has 1 saturated carbocycles. The van der Waals surface area contributed by atoms with Gasteiger partial charge in [-0.15, -0.1) is 0 Å². The van der Waals surface area contributed by atoms with Gasteiger partial charge in [0.15, 0.2) is 0 Å². The van der Waals surface area contributed by atoms with Crippen molar-refractivity contribution < 1.29 is 4.74 Å². The van der Waals surface area contributed by atoms with Gasteiger partial charge in [-0.2, -0.15) is 0 Å². The first-order chi connectivity index (χ1) is 8.08. The van der Waals surface area contributed by atoms with Crippen LogP contribution in [0.2, 0.25) is 0 Å². The van der Waals surface area contributed by atoms with Gasteiger partial charge in [0.1, 0.15) is 0 Å². The Morgan fingerprint density at radius 1 is 1.00 bits per heavy atom. The van der Waals surface area contributed by atoms with E-state index in [0.29, 0.717) is 0 Å². The van der Waals surface area contributed by atoms with Crippen LogP contribution in [0.4, 0.5) is 0 Å². The summed E-state index contributed by atoms with van der Waals surface area (Å²) in [5.41, 5.74) is 0.270. The van der Waals surface area contributed by atoms with Crippen LogP contribution in [0.3, 0.4) is 0 Å². The molecule has 0 bridgehead atoms. The highest BCUT2D eigenvalue weighted by atomic mass is 16.5. The predicted octanol–water partition coefficient (Wildman–Crippen LogP) is 3.75. The summed E-state index contributed by atoms with van der Waals surface area (Å²) in [5, 5.41) is 3.52. The molecule has 0 aromatic heterocycles. The van der Waals surface area contributed by atoms with Gasteiger partial charge in [0.2, 0.25) is 0 Å². The fourth-order valence-electron chi connectivity index (χ4n) is 1.90. The zero-order valence-corrected chi connectivity index (χ0v) is 12.1. The Labute approximate surface area is 108 Å². The maximum Gasteiger partial charge on any atom is 0.0468 e. The van der Waals surface area contributed by atoms with E-state index in [4.69, 9.17) is 4.74 Å². The van der Waals surface area contributed by atoms with Crippen molar-refractivity contribution in [2.45, 2.75) is 71.3 Å². The molecule has 1 N–H and O–H groups in total. The van der Waals surface area contributed by atoms with E-state index in [0.717, 1.165) is 25.7 Å². The molecule has 0 aromatic rings. The van der Waals surface area contributed by atoms with E-state index in [1.807, 2.05) is 0 Å². The standard InChI is InChI=1S/C15H31NO/c1-15(2,3)16-11-6-4-5-7-12-17-13-10-14-8-9-14/h14,16H,4-13H2,1-3H3. The van der Waals surface area contributed by atoms with Crippen LogP contribution >= 0.6 is 0 Å². The van der Waals surface area contributed by atoms with Gasteiger partial charge in [0.25, 0.3) is 0 Å². The number of rotatable bonds is 10. The average molecular weight is 241 g/mol. The molecule has 1 aliphatic rings. The normalized spacial score (nSPS) is 16.4. The van der Waals surface area contributed by atoms with Crippen molar-refractivity contribution in [1.29, 1.82) is 0 Å². The molecule has 102 valence electrons. The molecule has 2 heteroatoms. The van der Waals surface area contributed by atoms with Crippen molar-refractivity contribution in [3.05, 3.63) is 0 Å². The molecule has 0 unspecified atom stereocenters. The summed E-state index contributed by atoms with van der Waals surface area (Å²) in [4.78, 5) is 0. The lowest BCUT2D eigenvalue weighted by molar-refractivity contribution is 0.124. The first kappa shape index (κ1) is 15.0. The van der Waals surface area contributed by atoms with Crippen molar-refractivity contribution >= 4 is 0 Å². The molecule has 1 fully saturated rings. The zero-order chi connectivity index (χ0) is 12.6. The lowest BCUT2D eigenvalue weighted by atomic mass is 10.1. The molecule has 2 nitrogen and oxygen atoms in total. The van der Waals surface area contributed by atoms with E-state index in [1.165, 1.54) is 44.9 Å². The lowest BCUT2D eigenvalue weighted by Gasteiger charge is -2.20. The first-order valence-electron chi connectivity index (χ1n) is 7.41. The molecular weight excluding hydrogens is 210 g/mol. The Hall–Kier alpha value is -0.0800. The van der Waals surface area contributed by atoms with Crippen LogP contribution in [-0.2, 0) is 4.74 Å². The summed E-state index contributed by atoms with van der Waals surface area (Å²) >= 11 is 0. The van der Waals surface area contributed by atoms with E-state index in [-0.39, 0.29) is 5.54 Å². The molecule has 1 rings (SSSR count). The Bertz CT molecular complexity index is 182. The van der Waals surface area contributed by atoms with E-state index >= 15 is 0 Å². The van der Waals surface area contributed by atoms with Gasteiger partial charge in [-0.05, 0) is 52.5 Å². The molecule has 0 saturated heterocycles.